The maximum Gasteiger partial charge on any atom is 0.416 e. The minimum absolute atomic E-state index is 0.183. The van der Waals surface area contributed by atoms with Crippen LogP contribution in [-0.2, 0) is 10.9 Å². The van der Waals surface area contributed by atoms with E-state index in [4.69, 9.17) is 0 Å². The van der Waals surface area contributed by atoms with E-state index >= 15 is 0 Å². The quantitative estimate of drug-likeness (QED) is 0.808. The van der Waals surface area contributed by atoms with Crippen molar-refractivity contribution in [2.24, 2.45) is 0 Å². The first kappa shape index (κ1) is 14.5. The van der Waals surface area contributed by atoms with Gasteiger partial charge in [0.15, 0.2) is 6.61 Å². The summed E-state index contributed by atoms with van der Waals surface area (Å²) in [5.74, 6) is -4.98. The lowest BCUT2D eigenvalue weighted by atomic mass is 9.98. The second-order valence-electron chi connectivity index (χ2n) is 4.19. The summed E-state index contributed by atoms with van der Waals surface area (Å²) in [6, 6.07) is -1.02. The second-order valence-corrected chi connectivity index (χ2v) is 4.19. The van der Waals surface area contributed by atoms with Gasteiger partial charge in [0, 0.05) is 0 Å². The lowest BCUT2D eigenvalue weighted by molar-refractivity contribution is -0.138. The Hall–Kier alpha value is -1.93. The molecule has 1 aliphatic heterocycles. The Morgan fingerprint density at radius 2 is 1.90 bits per heavy atom. The van der Waals surface area contributed by atoms with E-state index in [0.29, 0.717) is 12.1 Å². The first-order valence-corrected chi connectivity index (χ1v) is 5.28. The molecule has 0 bridgehead atoms. The van der Waals surface area contributed by atoms with Crippen LogP contribution in [0.3, 0.4) is 0 Å². The number of alkyl halides is 5. The zero-order chi connectivity index (χ0) is 15.1. The van der Waals surface area contributed by atoms with Crippen molar-refractivity contribution in [1.82, 2.24) is 5.32 Å². The summed E-state index contributed by atoms with van der Waals surface area (Å²) in [4.78, 5) is 10.9. The van der Waals surface area contributed by atoms with Crippen LogP contribution in [-0.4, -0.2) is 18.6 Å². The van der Waals surface area contributed by atoms with Gasteiger partial charge in [-0.25, -0.2) is 18.0 Å². The van der Waals surface area contributed by atoms with Crippen LogP contribution >= 0.6 is 0 Å². The van der Waals surface area contributed by atoms with Crippen LogP contribution < -0.4 is 5.32 Å². The summed E-state index contributed by atoms with van der Waals surface area (Å²) >= 11 is 0. The van der Waals surface area contributed by atoms with E-state index in [2.05, 4.69) is 4.74 Å². The number of hydrogen-bond donors (Lipinski definition) is 1. The van der Waals surface area contributed by atoms with Gasteiger partial charge in [0.2, 0.25) is 0 Å². The molecular formula is C11H7F6NO2. The summed E-state index contributed by atoms with van der Waals surface area (Å²) in [7, 11) is 0. The van der Waals surface area contributed by atoms with E-state index in [1.807, 2.05) is 0 Å². The highest BCUT2D eigenvalue weighted by molar-refractivity contribution is 5.69. The number of nitrogens with one attached hydrogen (secondary N) is 1. The molecule has 1 saturated heterocycles. The fourth-order valence-electron chi connectivity index (χ4n) is 1.78. The van der Waals surface area contributed by atoms with Gasteiger partial charge in [0.25, 0.3) is 0 Å². The Balaban J connectivity index is 2.46. The highest BCUT2D eigenvalue weighted by Crippen LogP contribution is 2.37. The number of carbonyl (C=O) groups excluding carboxylic acids is 1. The molecule has 1 aromatic rings. The third-order valence-electron chi connectivity index (χ3n) is 2.66. The molecule has 1 aromatic carbocycles. The fraction of sp³-hybridized carbons (Fsp3) is 0.364. The molecule has 1 heterocycles. The van der Waals surface area contributed by atoms with Gasteiger partial charge in [-0.3, -0.25) is 0 Å². The van der Waals surface area contributed by atoms with Crippen LogP contribution in [0.4, 0.5) is 31.1 Å². The van der Waals surface area contributed by atoms with E-state index < -0.39 is 47.8 Å². The Bertz CT molecular complexity index is 542. The van der Waals surface area contributed by atoms with Crippen molar-refractivity contribution >= 4 is 6.09 Å². The molecule has 2 rings (SSSR count). The predicted octanol–water partition coefficient (Wildman–Crippen LogP) is 3.26. The van der Waals surface area contributed by atoms with E-state index in [1.165, 1.54) is 0 Å². The number of cyclic esters (lactones) is 1. The van der Waals surface area contributed by atoms with Crippen LogP contribution in [0.25, 0.3) is 0 Å². The second kappa shape index (κ2) is 4.57. The zero-order valence-corrected chi connectivity index (χ0v) is 9.60. The van der Waals surface area contributed by atoms with Crippen LogP contribution in [0, 0.1) is 5.82 Å². The maximum atomic E-state index is 13.5. The normalized spacial score (nSPS) is 22.1. The third kappa shape index (κ3) is 2.81. The van der Waals surface area contributed by atoms with Gasteiger partial charge < -0.3 is 10.1 Å². The van der Waals surface area contributed by atoms with Crippen molar-refractivity contribution < 1.29 is 35.9 Å². The molecule has 0 aliphatic carbocycles. The Morgan fingerprint density at radius 3 is 2.50 bits per heavy atom. The molecule has 9 heteroatoms. The first-order valence-electron chi connectivity index (χ1n) is 5.28. The molecule has 0 unspecified atom stereocenters. The molecule has 3 nitrogen and oxygen atoms in total. The number of halogens is 6. The summed E-state index contributed by atoms with van der Waals surface area (Å²) < 4.78 is 81.9. The van der Waals surface area contributed by atoms with Crippen LogP contribution in [0.2, 0.25) is 0 Å². The van der Waals surface area contributed by atoms with Gasteiger partial charge in [-0.05, 0) is 23.8 Å². The van der Waals surface area contributed by atoms with Crippen LogP contribution in [0.5, 0.6) is 0 Å². The van der Waals surface area contributed by atoms with E-state index in [9.17, 15) is 31.1 Å². The van der Waals surface area contributed by atoms with Gasteiger partial charge in [-0.15, -0.1) is 0 Å². The number of benzene rings is 1. The van der Waals surface area contributed by atoms with Gasteiger partial charge in [-0.2, -0.15) is 13.2 Å². The SMILES string of the molecule is O=C1N[C@@H](c2cc(F)cc(C(F)(F)F)c2)C(F)(F)CO1. The summed E-state index contributed by atoms with van der Waals surface area (Å²) in [6.45, 7) is -1.29. The number of ether oxygens (including phenoxy) is 1. The average Bonchev–Trinajstić information content (AvgIpc) is 2.30. The van der Waals surface area contributed by atoms with Crippen molar-refractivity contribution in [1.29, 1.82) is 0 Å². The van der Waals surface area contributed by atoms with Crippen LogP contribution in [0.15, 0.2) is 18.2 Å². The highest BCUT2D eigenvalue weighted by atomic mass is 19.4. The zero-order valence-electron chi connectivity index (χ0n) is 9.60. The standard InChI is InChI=1S/C11H7F6NO2/c12-7-2-5(1-6(3-7)11(15,16)17)8-10(13,14)4-20-9(19)18-8/h1-3,8H,4H2,(H,18,19)/t8-/m0/s1. The Kier molecular flexibility index (Phi) is 3.31. The topological polar surface area (TPSA) is 38.3 Å². The van der Waals surface area contributed by atoms with Gasteiger partial charge in [-0.1, -0.05) is 0 Å². The largest absolute Gasteiger partial charge is 0.443 e. The molecule has 20 heavy (non-hydrogen) atoms. The van der Waals surface area contributed by atoms with Gasteiger partial charge in [0.05, 0.1) is 5.56 Å². The maximum absolute atomic E-state index is 13.5. The Morgan fingerprint density at radius 1 is 1.25 bits per heavy atom. The van der Waals surface area contributed by atoms with E-state index in [1.54, 1.807) is 5.32 Å². The summed E-state index contributed by atoms with van der Waals surface area (Å²) in [5.41, 5.74) is -2.09. The smallest absolute Gasteiger partial charge is 0.416 e. The predicted molar refractivity (Wildman–Crippen MR) is 53.6 cm³/mol. The molecule has 1 fully saturated rings. The number of carbonyl (C=O) groups is 1. The number of hydrogen-bond acceptors (Lipinski definition) is 2. The van der Waals surface area contributed by atoms with Gasteiger partial charge in [0.1, 0.15) is 11.9 Å². The molecule has 1 atom stereocenters. The molecule has 0 spiro atoms. The fourth-order valence-corrected chi connectivity index (χ4v) is 1.78. The average molecular weight is 299 g/mol. The molecule has 0 aromatic heterocycles. The minimum Gasteiger partial charge on any atom is -0.443 e. The molecular weight excluding hydrogens is 292 g/mol. The van der Waals surface area contributed by atoms with E-state index in [0.717, 1.165) is 0 Å². The Labute approximate surface area is 108 Å². The molecule has 1 aliphatic rings. The first-order chi connectivity index (χ1) is 9.09. The number of alkyl carbamates (subject to hydrolysis) is 1. The van der Waals surface area contributed by atoms with Crippen LogP contribution in [0.1, 0.15) is 17.2 Å². The van der Waals surface area contributed by atoms with Crippen molar-refractivity contribution in [3.8, 4) is 0 Å². The van der Waals surface area contributed by atoms with Gasteiger partial charge >= 0.3 is 18.2 Å². The molecule has 1 N–H and O–H groups in total. The molecule has 1 amide bonds. The highest BCUT2D eigenvalue weighted by Gasteiger charge is 2.47. The van der Waals surface area contributed by atoms with Crippen molar-refractivity contribution in [2.75, 3.05) is 6.61 Å². The van der Waals surface area contributed by atoms with Crippen molar-refractivity contribution in [3.05, 3.63) is 35.1 Å². The number of amides is 1. The monoisotopic (exact) mass is 299 g/mol. The van der Waals surface area contributed by atoms with E-state index in [-0.39, 0.29) is 6.07 Å². The minimum atomic E-state index is -4.89. The summed E-state index contributed by atoms with van der Waals surface area (Å²) in [5, 5.41) is 1.68. The van der Waals surface area contributed by atoms with Crippen molar-refractivity contribution in [3.63, 3.8) is 0 Å². The summed E-state index contributed by atoms with van der Waals surface area (Å²) in [6.07, 6.45) is -6.10. The molecule has 0 saturated carbocycles. The number of rotatable bonds is 1. The third-order valence-corrected chi connectivity index (χ3v) is 2.66. The van der Waals surface area contributed by atoms with Crippen molar-refractivity contribution in [2.45, 2.75) is 18.1 Å². The molecule has 0 radical (unpaired) electrons. The lowest BCUT2D eigenvalue weighted by Crippen LogP contribution is -2.49. The molecule has 110 valence electrons. The lowest BCUT2D eigenvalue weighted by Gasteiger charge is -2.32.